The quantitative estimate of drug-likeness (QED) is 0.155. The molecule has 41 heavy (non-hydrogen) atoms. The molecule has 5 N–H and O–H groups in total. The number of hydrogen-bond donors (Lipinski definition) is 5. The fourth-order valence-corrected chi connectivity index (χ4v) is 7.89. The zero-order chi connectivity index (χ0) is 29.2. The summed E-state index contributed by atoms with van der Waals surface area (Å²) in [5.41, 5.74) is 0.677. The van der Waals surface area contributed by atoms with Crippen LogP contribution in [0.3, 0.4) is 0 Å². The second kappa shape index (κ2) is 15.1. The third kappa shape index (κ3) is 9.74. The molecule has 4 saturated carbocycles. The Bertz CT molecular complexity index is 1020. The Labute approximate surface area is 246 Å². The summed E-state index contributed by atoms with van der Waals surface area (Å²) in [6, 6.07) is 1.23. The lowest BCUT2D eigenvalue weighted by atomic mass is 9.49. The number of aromatic nitrogens is 2. The van der Waals surface area contributed by atoms with Crippen LogP contribution in [-0.2, 0) is 5.41 Å². The number of H-pyrrole nitrogens is 1. The van der Waals surface area contributed by atoms with E-state index in [1.54, 1.807) is 6.07 Å². The van der Waals surface area contributed by atoms with E-state index < -0.39 is 0 Å². The number of anilines is 1. The van der Waals surface area contributed by atoms with Crippen molar-refractivity contribution in [3.05, 3.63) is 22.1 Å². The molecule has 5 rings (SSSR count). The first kappa shape index (κ1) is 31.4. The lowest BCUT2D eigenvalue weighted by Crippen LogP contribution is -2.49. The van der Waals surface area contributed by atoms with Crippen molar-refractivity contribution in [3.8, 4) is 0 Å². The molecule has 0 spiro atoms. The van der Waals surface area contributed by atoms with E-state index in [4.69, 9.17) is 4.98 Å². The van der Waals surface area contributed by atoms with Crippen molar-refractivity contribution in [2.45, 2.75) is 116 Å². The van der Waals surface area contributed by atoms with Crippen molar-refractivity contribution in [1.82, 2.24) is 25.9 Å². The SMILES string of the molecule is CC(C)CCC[C@H](C)CCNC(=O)NCCCCCCNC(=O)Nc1nc(C23CC4CC(CC(C4)C2)C3)cc(=O)[nH]1. The molecule has 9 nitrogen and oxygen atoms in total. The van der Waals surface area contributed by atoms with Gasteiger partial charge in [0.2, 0.25) is 5.95 Å². The summed E-state index contributed by atoms with van der Waals surface area (Å²) in [4.78, 5) is 44.3. The summed E-state index contributed by atoms with van der Waals surface area (Å²) < 4.78 is 0. The second-order valence-corrected chi connectivity index (χ2v) is 13.9. The maximum absolute atomic E-state index is 12.5. The molecule has 0 unspecified atom stereocenters. The molecule has 4 aliphatic rings. The lowest BCUT2D eigenvalue weighted by molar-refractivity contribution is -0.00724. The van der Waals surface area contributed by atoms with Gasteiger partial charge in [0.15, 0.2) is 0 Å². The molecule has 1 heterocycles. The number of nitrogens with zero attached hydrogens (tertiary/aromatic N) is 1. The van der Waals surface area contributed by atoms with Gasteiger partial charge in [0, 0.05) is 31.1 Å². The maximum Gasteiger partial charge on any atom is 0.321 e. The molecule has 4 amide bonds. The van der Waals surface area contributed by atoms with E-state index in [0.29, 0.717) is 19.0 Å². The van der Waals surface area contributed by atoms with Crippen molar-refractivity contribution in [2.24, 2.45) is 29.6 Å². The highest BCUT2D eigenvalue weighted by molar-refractivity contribution is 5.87. The normalized spacial score (nSPS) is 25.2. The summed E-state index contributed by atoms with van der Waals surface area (Å²) >= 11 is 0. The van der Waals surface area contributed by atoms with Gasteiger partial charge in [-0.15, -0.1) is 0 Å². The molecular weight excluding hydrogens is 516 g/mol. The summed E-state index contributed by atoms with van der Waals surface area (Å²) in [7, 11) is 0. The monoisotopic (exact) mass is 570 g/mol. The molecule has 9 heteroatoms. The predicted molar refractivity (Wildman–Crippen MR) is 164 cm³/mol. The van der Waals surface area contributed by atoms with Gasteiger partial charge in [-0.2, -0.15) is 0 Å². The number of nitrogens with one attached hydrogen (secondary N) is 5. The zero-order valence-electron chi connectivity index (χ0n) is 25.7. The Balaban J connectivity index is 1.04. The molecule has 0 radical (unpaired) electrons. The van der Waals surface area contributed by atoms with Crippen LogP contribution in [0.5, 0.6) is 0 Å². The Morgan fingerprint density at radius 2 is 1.41 bits per heavy atom. The highest BCUT2D eigenvalue weighted by Gasteiger charge is 2.52. The Morgan fingerprint density at radius 1 is 0.829 bits per heavy atom. The first-order valence-corrected chi connectivity index (χ1v) is 16.4. The minimum absolute atomic E-state index is 0.0108. The van der Waals surface area contributed by atoms with Crippen molar-refractivity contribution in [3.63, 3.8) is 0 Å². The van der Waals surface area contributed by atoms with Gasteiger partial charge in [0.25, 0.3) is 5.56 Å². The van der Waals surface area contributed by atoms with E-state index in [1.807, 2.05) is 0 Å². The first-order valence-electron chi connectivity index (χ1n) is 16.4. The third-order valence-corrected chi connectivity index (χ3v) is 9.63. The summed E-state index contributed by atoms with van der Waals surface area (Å²) in [6.45, 7) is 8.71. The lowest BCUT2D eigenvalue weighted by Gasteiger charge is -2.56. The molecule has 4 bridgehead atoms. The number of hydrogen-bond acceptors (Lipinski definition) is 4. The van der Waals surface area contributed by atoms with Gasteiger partial charge in [0.1, 0.15) is 0 Å². The van der Waals surface area contributed by atoms with Crippen molar-refractivity contribution >= 4 is 18.0 Å². The maximum atomic E-state index is 12.5. The molecule has 0 aliphatic heterocycles. The van der Waals surface area contributed by atoms with Crippen LogP contribution in [0.4, 0.5) is 15.5 Å². The Hall–Kier alpha value is -2.58. The summed E-state index contributed by atoms with van der Waals surface area (Å²) in [5, 5.41) is 11.5. The molecule has 230 valence electrons. The van der Waals surface area contributed by atoms with Crippen LogP contribution in [0.25, 0.3) is 0 Å². The van der Waals surface area contributed by atoms with Gasteiger partial charge in [0.05, 0.1) is 5.69 Å². The van der Waals surface area contributed by atoms with Gasteiger partial charge >= 0.3 is 12.1 Å². The molecule has 4 fully saturated rings. The third-order valence-electron chi connectivity index (χ3n) is 9.63. The molecule has 1 atom stereocenters. The number of rotatable bonds is 16. The van der Waals surface area contributed by atoms with E-state index >= 15 is 0 Å². The zero-order valence-corrected chi connectivity index (χ0v) is 25.7. The average Bonchev–Trinajstić information content (AvgIpc) is 2.89. The van der Waals surface area contributed by atoms with Gasteiger partial charge in [-0.05, 0) is 87.4 Å². The molecule has 1 aromatic rings. The number of carbonyl (C=O) groups is 2. The van der Waals surface area contributed by atoms with Gasteiger partial charge in [-0.25, -0.2) is 14.6 Å². The first-order chi connectivity index (χ1) is 19.7. The predicted octanol–water partition coefficient (Wildman–Crippen LogP) is 6.07. The topological polar surface area (TPSA) is 128 Å². The molecule has 1 aromatic heterocycles. The fourth-order valence-electron chi connectivity index (χ4n) is 7.89. The second-order valence-electron chi connectivity index (χ2n) is 13.9. The molecule has 4 aliphatic carbocycles. The highest BCUT2D eigenvalue weighted by atomic mass is 16.2. The van der Waals surface area contributed by atoms with E-state index in [9.17, 15) is 14.4 Å². The number of amides is 4. The fraction of sp³-hybridized carbons (Fsp3) is 0.812. The molecular formula is C32H54N6O3. The molecule has 0 saturated heterocycles. The van der Waals surface area contributed by atoms with Crippen LogP contribution in [0.1, 0.15) is 116 Å². The minimum atomic E-state index is -0.344. The van der Waals surface area contributed by atoms with Crippen LogP contribution < -0.4 is 26.8 Å². The van der Waals surface area contributed by atoms with Crippen molar-refractivity contribution in [1.29, 1.82) is 0 Å². The molecule has 0 aromatic carbocycles. The average molecular weight is 571 g/mol. The minimum Gasteiger partial charge on any atom is -0.338 e. The number of urea groups is 2. The number of aromatic amines is 1. The van der Waals surface area contributed by atoms with E-state index in [-0.39, 0.29) is 29.0 Å². The Morgan fingerprint density at radius 3 is 2.02 bits per heavy atom. The van der Waals surface area contributed by atoms with Gasteiger partial charge in [-0.3, -0.25) is 15.1 Å². The van der Waals surface area contributed by atoms with E-state index in [0.717, 1.165) is 87.3 Å². The van der Waals surface area contributed by atoms with E-state index in [2.05, 4.69) is 47.0 Å². The van der Waals surface area contributed by atoms with Crippen molar-refractivity contribution in [2.75, 3.05) is 25.0 Å². The standard InChI is InChI=1S/C32H54N6O3/c1-22(2)9-8-10-23(3)11-14-35-30(40)33-12-6-4-5-7-13-34-31(41)38-29-36-27(18-28(39)37-29)32-19-24-15-25(20-32)17-26(16-24)21-32/h18,22-26H,4-17,19-21H2,1-3H3,(H2,33,35,40)(H3,34,36,37,38,39,41)/t23-,24?,25?,26?,32?/m0/s1. The van der Waals surface area contributed by atoms with Crippen LogP contribution in [-0.4, -0.2) is 41.7 Å². The number of unbranched alkanes of at least 4 members (excludes halogenated alkanes) is 3. The van der Waals surface area contributed by atoms with Crippen LogP contribution in [0, 0.1) is 29.6 Å². The summed E-state index contributed by atoms with van der Waals surface area (Å²) in [6.07, 6.45) is 15.9. The largest absolute Gasteiger partial charge is 0.338 e. The van der Waals surface area contributed by atoms with Crippen LogP contribution in [0.15, 0.2) is 10.9 Å². The number of carbonyl (C=O) groups excluding carboxylic acids is 2. The van der Waals surface area contributed by atoms with Crippen LogP contribution in [0.2, 0.25) is 0 Å². The van der Waals surface area contributed by atoms with Gasteiger partial charge in [-0.1, -0.05) is 52.9 Å². The van der Waals surface area contributed by atoms with E-state index in [1.165, 1.54) is 38.5 Å². The van der Waals surface area contributed by atoms with Crippen molar-refractivity contribution < 1.29 is 9.59 Å². The summed E-state index contributed by atoms with van der Waals surface area (Å²) in [5.74, 6) is 3.93. The van der Waals surface area contributed by atoms with Crippen LogP contribution >= 0.6 is 0 Å². The van der Waals surface area contributed by atoms with Gasteiger partial charge < -0.3 is 16.0 Å². The highest BCUT2D eigenvalue weighted by Crippen LogP contribution is 2.60. The Kier molecular flexibility index (Phi) is 11.5. The smallest absolute Gasteiger partial charge is 0.321 e.